The molecule has 5 nitrogen and oxygen atoms in total. The predicted octanol–water partition coefficient (Wildman–Crippen LogP) is 4.87. The smallest absolute Gasteiger partial charge is 0.314 e. The quantitative estimate of drug-likeness (QED) is 0.644. The Balaban J connectivity index is 2.39. The first-order valence-corrected chi connectivity index (χ1v) is 9.51. The Hall–Kier alpha value is -3.15. The molecule has 0 bridgehead atoms. The summed E-state index contributed by atoms with van der Waals surface area (Å²) < 4.78 is 15.1. The zero-order valence-corrected chi connectivity index (χ0v) is 16.9. The van der Waals surface area contributed by atoms with Crippen molar-refractivity contribution in [3.8, 4) is 5.75 Å². The van der Waals surface area contributed by atoms with Gasteiger partial charge in [0, 0.05) is 16.6 Å². The van der Waals surface area contributed by atoms with Crippen LogP contribution in [0.5, 0.6) is 5.75 Å². The molecule has 152 valence electrons. The van der Waals surface area contributed by atoms with Crippen LogP contribution in [0.2, 0.25) is 0 Å². The molecule has 3 rings (SSSR count). The van der Waals surface area contributed by atoms with Crippen LogP contribution in [0.25, 0.3) is 10.9 Å². The lowest BCUT2D eigenvalue weighted by Gasteiger charge is -2.32. The fourth-order valence-electron chi connectivity index (χ4n) is 4.05. The molecule has 0 aliphatic heterocycles. The number of carbonyl (C=O) groups is 2. The van der Waals surface area contributed by atoms with Crippen molar-refractivity contribution in [3.63, 3.8) is 0 Å². The number of aliphatic carboxylic acids is 1. The van der Waals surface area contributed by atoms with Crippen molar-refractivity contribution in [2.75, 3.05) is 0 Å². The molecule has 0 amide bonds. The third-order valence-electron chi connectivity index (χ3n) is 6.02. The van der Waals surface area contributed by atoms with Crippen LogP contribution in [0.4, 0.5) is 4.39 Å². The number of hydrogen-bond donors (Lipinski definition) is 2. The highest BCUT2D eigenvalue weighted by Gasteiger charge is 2.44. The van der Waals surface area contributed by atoms with Gasteiger partial charge in [0.15, 0.2) is 0 Å². The van der Waals surface area contributed by atoms with Crippen molar-refractivity contribution < 1.29 is 24.2 Å². The summed E-state index contributed by atoms with van der Waals surface area (Å²) in [6.07, 6.45) is 0.617. The van der Waals surface area contributed by atoms with Crippen LogP contribution in [0.1, 0.15) is 48.8 Å². The molecule has 2 atom stereocenters. The van der Waals surface area contributed by atoms with Gasteiger partial charge in [-0.1, -0.05) is 26.3 Å². The molecule has 1 aromatic heterocycles. The van der Waals surface area contributed by atoms with Gasteiger partial charge in [-0.15, -0.1) is 0 Å². The average molecular weight is 397 g/mol. The molecule has 0 saturated heterocycles. The van der Waals surface area contributed by atoms with Crippen LogP contribution in [-0.4, -0.2) is 26.7 Å². The summed E-state index contributed by atoms with van der Waals surface area (Å²) in [5.74, 6) is -2.25. The largest absolute Gasteiger partial charge is 0.508 e. The molecule has 0 aliphatic carbocycles. The van der Waals surface area contributed by atoms with Gasteiger partial charge in [0.25, 0.3) is 5.91 Å². The fraction of sp³-hybridized carbons (Fsp3) is 0.304. The number of phenolic OH excluding ortho intramolecular Hbond substituents is 1. The van der Waals surface area contributed by atoms with Crippen LogP contribution in [0.15, 0.2) is 42.5 Å². The highest BCUT2D eigenvalue weighted by Crippen LogP contribution is 2.43. The Morgan fingerprint density at radius 2 is 1.90 bits per heavy atom. The van der Waals surface area contributed by atoms with Gasteiger partial charge in [0.1, 0.15) is 11.6 Å². The number of hydrogen-bond acceptors (Lipinski definition) is 3. The van der Waals surface area contributed by atoms with Gasteiger partial charge in [-0.2, -0.15) is 0 Å². The minimum Gasteiger partial charge on any atom is -0.508 e. The number of benzene rings is 2. The summed E-state index contributed by atoms with van der Waals surface area (Å²) in [4.78, 5) is 25.6. The summed E-state index contributed by atoms with van der Waals surface area (Å²) >= 11 is 0. The second-order valence-electron chi connectivity index (χ2n) is 7.63. The maximum atomic E-state index is 13.7. The van der Waals surface area contributed by atoms with Gasteiger partial charge < -0.3 is 10.2 Å². The van der Waals surface area contributed by atoms with Crippen LogP contribution in [0, 0.1) is 18.7 Å². The van der Waals surface area contributed by atoms with Crippen molar-refractivity contribution in [2.45, 2.75) is 39.5 Å². The molecule has 1 unspecified atom stereocenters. The first kappa shape index (κ1) is 20.6. The van der Waals surface area contributed by atoms with E-state index in [4.69, 9.17) is 0 Å². The van der Waals surface area contributed by atoms with E-state index in [1.807, 2.05) is 13.8 Å². The van der Waals surface area contributed by atoms with Gasteiger partial charge in [0.05, 0.1) is 10.9 Å². The highest BCUT2D eigenvalue weighted by atomic mass is 19.1. The second kappa shape index (κ2) is 7.35. The number of carbonyl (C=O) groups excluding carboxylic acids is 1. The average Bonchev–Trinajstić information content (AvgIpc) is 2.97. The maximum absolute atomic E-state index is 13.7. The number of nitrogens with zero attached hydrogens (tertiary/aromatic N) is 1. The van der Waals surface area contributed by atoms with E-state index < -0.39 is 23.1 Å². The lowest BCUT2D eigenvalue weighted by Crippen LogP contribution is -2.39. The van der Waals surface area contributed by atoms with Gasteiger partial charge in [-0.3, -0.25) is 14.2 Å². The van der Waals surface area contributed by atoms with Gasteiger partial charge in [-0.25, -0.2) is 4.39 Å². The van der Waals surface area contributed by atoms with Crippen molar-refractivity contribution in [2.24, 2.45) is 5.92 Å². The Kier molecular flexibility index (Phi) is 5.22. The first-order valence-electron chi connectivity index (χ1n) is 9.51. The predicted molar refractivity (Wildman–Crippen MR) is 109 cm³/mol. The molecular formula is C23H24FNO4. The SMILES string of the molecule is CCC(C)[C@@](C)(C(=O)O)c1c(C)n(C(=O)c2cccc(F)c2)c2ccc(O)cc12. The minimum atomic E-state index is -1.28. The van der Waals surface area contributed by atoms with Crippen molar-refractivity contribution in [1.29, 1.82) is 0 Å². The van der Waals surface area contributed by atoms with E-state index in [1.165, 1.54) is 34.9 Å². The van der Waals surface area contributed by atoms with E-state index in [-0.39, 0.29) is 17.2 Å². The Labute approximate surface area is 168 Å². The molecule has 0 saturated carbocycles. The third kappa shape index (κ3) is 3.18. The lowest BCUT2D eigenvalue weighted by molar-refractivity contribution is -0.145. The molecule has 2 aromatic carbocycles. The zero-order valence-electron chi connectivity index (χ0n) is 16.9. The summed E-state index contributed by atoms with van der Waals surface area (Å²) in [5.41, 5.74) is 0.295. The van der Waals surface area contributed by atoms with Gasteiger partial charge in [-0.05, 0) is 61.7 Å². The van der Waals surface area contributed by atoms with Crippen molar-refractivity contribution >= 4 is 22.8 Å². The number of carboxylic acid groups (broad SMARTS) is 1. The summed E-state index contributed by atoms with van der Waals surface area (Å²) in [5, 5.41) is 20.7. The molecule has 2 N–H and O–H groups in total. The second-order valence-corrected chi connectivity index (χ2v) is 7.63. The topological polar surface area (TPSA) is 79.5 Å². The van der Waals surface area contributed by atoms with Crippen LogP contribution in [-0.2, 0) is 10.2 Å². The summed E-state index contributed by atoms with van der Waals surface area (Å²) in [6, 6.07) is 9.89. The molecule has 0 radical (unpaired) electrons. The summed E-state index contributed by atoms with van der Waals surface area (Å²) in [7, 11) is 0. The molecular weight excluding hydrogens is 373 g/mol. The summed E-state index contributed by atoms with van der Waals surface area (Å²) in [6.45, 7) is 7.10. The number of carboxylic acids is 1. The monoisotopic (exact) mass is 397 g/mol. The fourth-order valence-corrected chi connectivity index (χ4v) is 4.05. The molecule has 0 fully saturated rings. The number of halogens is 1. The molecule has 6 heteroatoms. The van der Waals surface area contributed by atoms with E-state index in [0.717, 1.165) is 6.07 Å². The van der Waals surface area contributed by atoms with E-state index in [2.05, 4.69) is 0 Å². The number of aromatic hydroxyl groups is 1. The number of aromatic nitrogens is 1. The molecule has 1 heterocycles. The molecule has 29 heavy (non-hydrogen) atoms. The molecule has 0 spiro atoms. The van der Waals surface area contributed by atoms with Gasteiger partial charge >= 0.3 is 5.97 Å². The molecule has 3 aromatic rings. The van der Waals surface area contributed by atoms with E-state index in [0.29, 0.717) is 28.6 Å². The highest BCUT2D eigenvalue weighted by molar-refractivity contribution is 6.05. The van der Waals surface area contributed by atoms with E-state index in [1.54, 1.807) is 19.9 Å². The van der Waals surface area contributed by atoms with Gasteiger partial charge in [0.2, 0.25) is 0 Å². The number of phenols is 1. The normalized spacial score (nSPS) is 14.5. The van der Waals surface area contributed by atoms with Crippen LogP contribution in [0.3, 0.4) is 0 Å². The number of fused-ring (bicyclic) bond motifs is 1. The molecule has 0 aliphatic rings. The maximum Gasteiger partial charge on any atom is 0.314 e. The first-order chi connectivity index (χ1) is 13.6. The Morgan fingerprint density at radius 1 is 1.21 bits per heavy atom. The Bertz CT molecular complexity index is 1120. The van der Waals surface area contributed by atoms with Crippen LogP contribution < -0.4 is 0 Å². The Morgan fingerprint density at radius 3 is 2.48 bits per heavy atom. The standard InChI is InChI=1S/C23H24FNO4/c1-5-13(2)23(4,22(28)29)20-14(3)25(19-10-9-17(26)12-18(19)20)21(27)15-7-6-8-16(24)11-15/h6-13,26H,5H2,1-4H3,(H,28,29)/t13?,23-/m1/s1. The van der Waals surface area contributed by atoms with Crippen molar-refractivity contribution in [3.05, 3.63) is 65.1 Å². The van der Waals surface area contributed by atoms with E-state index >= 15 is 0 Å². The number of rotatable bonds is 5. The zero-order chi connectivity index (χ0) is 21.5. The third-order valence-corrected chi connectivity index (χ3v) is 6.02. The van der Waals surface area contributed by atoms with Crippen LogP contribution >= 0.6 is 0 Å². The minimum absolute atomic E-state index is 0.0222. The van der Waals surface area contributed by atoms with E-state index in [9.17, 15) is 24.2 Å². The van der Waals surface area contributed by atoms with Crippen molar-refractivity contribution in [1.82, 2.24) is 4.57 Å². The lowest BCUT2D eigenvalue weighted by atomic mass is 9.70.